The van der Waals surface area contributed by atoms with Gasteiger partial charge in [-0.3, -0.25) is 9.97 Å². The van der Waals surface area contributed by atoms with E-state index in [1.807, 2.05) is 48.5 Å². The summed E-state index contributed by atoms with van der Waals surface area (Å²) in [5, 5.41) is 0. The molecule has 0 aliphatic heterocycles. The molecule has 0 fully saturated rings. The molecule has 0 aliphatic carbocycles. The molecule has 172 valence electrons. The summed E-state index contributed by atoms with van der Waals surface area (Å²) in [5.74, 6) is 0.464. The van der Waals surface area contributed by atoms with Gasteiger partial charge in [0.1, 0.15) is 5.75 Å². The number of nitrogens with zero attached hydrogens (tertiary/aromatic N) is 3. The molecule has 0 atom stereocenters. The van der Waals surface area contributed by atoms with Crippen LogP contribution in [0.25, 0.3) is 22.8 Å². The van der Waals surface area contributed by atoms with E-state index >= 15 is 0 Å². The highest BCUT2D eigenvalue weighted by molar-refractivity contribution is 5.86. The largest absolute Gasteiger partial charge is 0.493 e. The van der Waals surface area contributed by atoms with E-state index in [1.54, 1.807) is 19.3 Å². The average Bonchev–Trinajstić information content (AvgIpc) is 2.86. The van der Waals surface area contributed by atoms with Crippen molar-refractivity contribution in [3.05, 3.63) is 73.1 Å². The number of rotatable bonds is 13. The smallest absolute Gasteiger partial charge is 0.333 e. The number of carbonyl (C=O) groups excluding carboxylic acids is 1. The highest BCUT2D eigenvalue weighted by Crippen LogP contribution is 2.26. The Bertz CT molecular complexity index is 966. The van der Waals surface area contributed by atoms with Crippen molar-refractivity contribution in [2.24, 2.45) is 0 Å². The Kier molecular flexibility index (Phi) is 9.58. The van der Waals surface area contributed by atoms with Gasteiger partial charge in [-0.1, -0.05) is 44.4 Å². The first-order valence-electron chi connectivity index (χ1n) is 11.4. The number of hydrogen-bond acceptors (Lipinski definition) is 6. The molecule has 0 saturated heterocycles. The molecule has 0 aliphatic rings. The predicted octanol–water partition coefficient (Wildman–Crippen LogP) is 6.04. The molecule has 0 N–H and O–H groups in total. The minimum Gasteiger partial charge on any atom is -0.493 e. The third-order valence-electron chi connectivity index (χ3n) is 5.04. The molecule has 33 heavy (non-hydrogen) atoms. The van der Waals surface area contributed by atoms with Gasteiger partial charge in [0, 0.05) is 30.1 Å². The number of esters is 1. The van der Waals surface area contributed by atoms with E-state index < -0.39 is 0 Å². The van der Waals surface area contributed by atoms with Gasteiger partial charge in [0.05, 0.1) is 36.0 Å². The molecule has 0 aromatic carbocycles. The van der Waals surface area contributed by atoms with E-state index in [1.165, 1.54) is 0 Å². The zero-order chi connectivity index (χ0) is 23.3. The predicted molar refractivity (Wildman–Crippen MR) is 130 cm³/mol. The minimum atomic E-state index is -0.305. The Hall–Kier alpha value is -3.54. The van der Waals surface area contributed by atoms with E-state index in [9.17, 15) is 4.79 Å². The van der Waals surface area contributed by atoms with Crippen LogP contribution in [0.2, 0.25) is 0 Å². The molecule has 6 nitrogen and oxygen atoms in total. The summed E-state index contributed by atoms with van der Waals surface area (Å²) in [5.41, 5.74) is 3.58. The van der Waals surface area contributed by atoms with E-state index in [2.05, 4.69) is 16.5 Å². The Balaban J connectivity index is 1.46. The first-order chi connectivity index (χ1) is 16.1. The van der Waals surface area contributed by atoms with Crippen LogP contribution in [0, 0.1) is 0 Å². The van der Waals surface area contributed by atoms with E-state index in [0.29, 0.717) is 18.8 Å². The molecule has 0 amide bonds. The van der Waals surface area contributed by atoms with Crippen LogP contribution in [0.4, 0.5) is 0 Å². The molecule has 3 rings (SSSR count). The Labute approximate surface area is 195 Å². The molecule has 3 aromatic rings. The van der Waals surface area contributed by atoms with E-state index in [0.717, 1.165) is 67.1 Å². The molecule has 6 heteroatoms. The number of pyridine rings is 3. The molecule has 0 saturated carbocycles. The first-order valence-corrected chi connectivity index (χ1v) is 11.4. The fraction of sp³-hybridized carbons (Fsp3) is 0.333. The Morgan fingerprint density at radius 3 is 1.85 bits per heavy atom. The Morgan fingerprint density at radius 1 is 0.788 bits per heavy atom. The lowest BCUT2D eigenvalue weighted by Crippen LogP contribution is -2.06. The van der Waals surface area contributed by atoms with Crippen molar-refractivity contribution in [1.29, 1.82) is 0 Å². The second kappa shape index (κ2) is 13.1. The van der Waals surface area contributed by atoms with Crippen LogP contribution < -0.4 is 4.74 Å². The number of ether oxygens (including phenoxy) is 2. The summed E-state index contributed by atoms with van der Waals surface area (Å²) in [7, 11) is 0. The fourth-order valence-electron chi connectivity index (χ4n) is 3.27. The molecule has 3 heterocycles. The number of hydrogen-bond donors (Lipinski definition) is 0. The van der Waals surface area contributed by atoms with Gasteiger partial charge in [-0.05, 0) is 44.0 Å². The molecule has 3 aromatic heterocycles. The van der Waals surface area contributed by atoms with Gasteiger partial charge in [0.2, 0.25) is 0 Å². The lowest BCUT2D eigenvalue weighted by atomic mass is 10.1. The molecule has 0 spiro atoms. The van der Waals surface area contributed by atoms with Crippen molar-refractivity contribution in [3.63, 3.8) is 0 Å². The van der Waals surface area contributed by atoms with Crippen molar-refractivity contribution < 1.29 is 14.3 Å². The third-order valence-corrected chi connectivity index (χ3v) is 5.04. The maximum atomic E-state index is 11.3. The van der Waals surface area contributed by atoms with Crippen LogP contribution in [0.1, 0.15) is 45.4 Å². The zero-order valence-corrected chi connectivity index (χ0v) is 19.2. The summed E-state index contributed by atoms with van der Waals surface area (Å²) in [6.07, 6.45) is 9.78. The lowest BCUT2D eigenvalue weighted by Gasteiger charge is -2.10. The van der Waals surface area contributed by atoms with Gasteiger partial charge >= 0.3 is 5.97 Å². The molecular formula is C27H31N3O3. The maximum absolute atomic E-state index is 11.3. The standard InChI is InChI=1S/C27H31N3O3/c1-21(2)27(31)33-18-12-6-4-3-5-11-17-32-22-19-25(23-13-7-9-15-28-23)30-26(20-22)24-14-8-10-16-29-24/h7-10,13-16,19-20H,1,3-6,11-12,17-18H2,2H3. The highest BCUT2D eigenvalue weighted by Gasteiger charge is 2.09. The highest BCUT2D eigenvalue weighted by atomic mass is 16.5. The monoisotopic (exact) mass is 445 g/mol. The summed E-state index contributed by atoms with van der Waals surface area (Å²) in [6, 6.07) is 15.4. The topological polar surface area (TPSA) is 74.2 Å². The third kappa shape index (κ3) is 8.15. The van der Waals surface area contributed by atoms with Crippen molar-refractivity contribution in [1.82, 2.24) is 15.0 Å². The van der Waals surface area contributed by atoms with Crippen LogP contribution >= 0.6 is 0 Å². The van der Waals surface area contributed by atoms with Crippen molar-refractivity contribution >= 4 is 5.97 Å². The van der Waals surface area contributed by atoms with Crippen molar-refractivity contribution in [3.8, 4) is 28.5 Å². The summed E-state index contributed by atoms with van der Waals surface area (Å²) in [4.78, 5) is 24.9. The average molecular weight is 446 g/mol. The molecule has 0 bridgehead atoms. The van der Waals surface area contributed by atoms with Crippen LogP contribution in [0.15, 0.2) is 73.1 Å². The van der Waals surface area contributed by atoms with Crippen LogP contribution in [0.3, 0.4) is 0 Å². The van der Waals surface area contributed by atoms with Gasteiger partial charge < -0.3 is 9.47 Å². The van der Waals surface area contributed by atoms with Crippen LogP contribution in [-0.4, -0.2) is 34.1 Å². The fourth-order valence-corrected chi connectivity index (χ4v) is 3.27. The number of unbranched alkanes of at least 4 members (excludes halogenated alkanes) is 5. The Morgan fingerprint density at radius 2 is 1.33 bits per heavy atom. The first kappa shape index (κ1) is 24.1. The number of carbonyl (C=O) groups is 1. The van der Waals surface area contributed by atoms with Gasteiger partial charge in [-0.25, -0.2) is 9.78 Å². The number of aromatic nitrogens is 3. The van der Waals surface area contributed by atoms with Gasteiger partial charge in [0.25, 0.3) is 0 Å². The van der Waals surface area contributed by atoms with Gasteiger partial charge in [0.15, 0.2) is 0 Å². The summed E-state index contributed by atoms with van der Waals surface area (Å²) in [6.45, 7) is 6.35. The summed E-state index contributed by atoms with van der Waals surface area (Å²) < 4.78 is 11.2. The van der Waals surface area contributed by atoms with Gasteiger partial charge in [-0.15, -0.1) is 0 Å². The zero-order valence-electron chi connectivity index (χ0n) is 19.2. The minimum absolute atomic E-state index is 0.305. The molecular weight excluding hydrogens is 414 g/mol. The van der Waals surface area contributed by atoms with E-state index in [-0.39, 0.29) is 5.97 Å². The maximum Gasteiger partial charge on any atom is 0.333 e. The van der Waals surface area contributed by atoms with Crippen LogP contribution in [0.5, 0.6) is 5.75 Å². The SMILES string of the molecule is C=C(C)C(=O)OCCCCCCCCOc1cc(-c2ccccn2)nc(-c2ccccn2)c1. The lowest BCUT2D eigenvalue weighted by molar-refractivity contribution is -0.139. The summed E-state index contributed by atoms with van der Waals surface area (Å²) >= 11 is 0. The van der Waals surface area contributed by atoms with Crippen molar-refractivity contribution in [2.45, 2.75) is 45.4 Å². The quantitative estimate of drug-likeness (QED) is 0.181. The second-order valence-electron chi connectivity index (χ2n) is 7.89. The molecule has 0 unspecified atom stereocenters. The normalized spacial score (nSPS) is 10.6. The molecule has 0 radical (unpaired) electrons. The van der Waals surface area contributed by atoms with Gasteiger partial charge in [-0.2, -0.15) is 0 Å². The van der Waals surface area contributed by atoms with Crippen LogP contribution in [-0.2, 0) is 9.53 Å². The second-order valence-corrected chi connectivity index (χ2v) is 7.89. The van der Waals surface area contributed by atoms with Crippen molar-refractivity contribution in [2.75, 3.05) is 13.2 Å². The van der Waals surface area contributed by atoms with E-state index in [4.69, 9.17) is 14.5 Å².